The van der Waals surface area contributed by atoms with Crippen molar-refractivity contribution in [3.8, 4) is 0 Å². The molecule has 0 amide bonds. The maximum atomic E-state index is 6.02. The van der Waals surface area contributed by atoms with Gasteiger partial charge in [0.05, 0.1) is 25.4 Å². The van der Waals surface area contributed by atoms with Crippen LogP contribution >= 0.6 is 15.9 Å². The normalized spacial score (nSPS) is 16.6. The van der Waals surface area contributed by atoms with Crippen LogP contribution in [0.3, 0.4) is 0 Å². The first kappa shape index (κ1) is 16.0. The van der Waals surface area contributed by atoms with Gasteiger partial charge in [0.1, 0.15) is 0 Å². The van der Waals surface area contributed by atoms with Gasteiger partial charge in [0, 0.05) is 17.1 Å². The van der Waals surface area contributed by atoms with Crippen molar-refractivity contribution < 1.29 is 9.47 Å². The molecule has 1 saturated carbocycles. The van der Waals surface area contributed by atoms with Gasteiger partial charge < -0.3 is 14.8 Å². The highest BCUT2D eigenvalue weighted by Gasteiger charge is 2.23. The molecule has 112 valence electrons. The number of hydrogen-bond donors (Lipinski definition) is 1. The molecule has 0 heterocycles. The van der Waals surface area contributed by atoms with Crippen molar-refractivity contribution >= 4 is 15.9 Å². The number of benzene rings is 1. The van der Waals surface area contributed by atoms with Crippen LogP contribution in [0.2, 0.25) is 0 Å². The summed E-state index contributed by atoms with van der Waals surface area (Å²) in [6.07, 6.45) is 2.91. The van der Waals surface area contributed by atoms with E-state index in [1.54, 1.807) is 0 Å². The molecule has 0 bridgehead atoms. The van der Waals surface area contributed by atoms with E-state index in [-0.39, 0.29) is 12.2 Å². The average Bonchev–Trinajstić information content (AvgIpc) is 3.23. The second kappa shape index (κ2) is 8.13. The van der Waals surface area contributed by atoms with Crippen molar-refractivity contribution in [1.29, 1.82) is 0 Å². The van der Waals surface area contributed by atoms with Gasteiger partial charge in [-0.15, -0.1) is 0 Å². The smallest absolute Gasteiger partial charge is 0.0961 e. The van der Waals surface area contributed by atoms with E-state index >= 15 is 0 Å². The molecule has 1 atom stereocenters. The van der Waals surface area contributed by atoms with Gasteiger partial charge in [-0.1, -0.05) is 34.1 Å². The molecular formula is C16H24BrNO2. The Hall–Kier alpha value is -0.420. The molecule has 1 aliphatic rings. The van der Waals surface area contributed by atoms with Gasteiger partial charge in [0.15, 0.2) is 0 Å². The van der Waals surface area contributed by atoms with Crippen molar-refractivity contribution in [1.82, 2.24) is 5.32 Å². The number of rotatable bonds is 9. The summed E-state index contributed by atoms with van der Waals surface area (Å²) in [7, 11) is 0. The van der Waals surface area contributed by atoms with E-state index in [1.165, 1.54) is 18.4 Å². The lowest BCUT2D eigenvalue weighted by Gasteiger charge is -2.20. The minimum atomic E-state index is 0.0712. The number of ether oxygens (including phenoxy) is 2. The highest BCUT2D eigenvalue weighted by Crippen LogP contribution is 2.27. The molecule has 0 saturated heterocycles. The Bertz CT molecular complexity index is 407. The van der Waals surface area contributed by atoms with Crippen LogP contribution in [-0.4, -0.2) is 31.9 Å². The van der Waals surface area contributed by atoms with Gasteiger partial charge in [0.25, 0.3) is 0 Å². The summed E-state index contributed by atoms with van der Waals surface area (Å²) in [6, 6.07) is 8.95. The molecule has 20 heavy (non-hydrogen) atoms. The Morgan fingerprint density at radius 3 is 2.55 bits per heavy atom. The predicted molar refractivity (Wildman–Crippen MR) is 84.9 cm³/mol. The first-order valence-electron chi connectivity index (χ1n) is 7.38. The minimum absolute atomic E-state index is 0.0712. The number of halogens is 1. The number of nitrogens with one attached hydrogen (secondary N) is 1. The van der Waals surface area contributed by atoms with Crippen LogP contribution in [-0.2, 0) is 9.47 Å². The highest BCUT2D eigenvalue weighted by molar-refractivity contribution is 9.10. The van der Waals surface area contributed by atoms with E-state index in [1.807, 2.05) is 19.9 Å². The van der Waals surface area contributed by atoms with Gasteiger partial charge in [-0.2, -0.15) is 0 Å². The SMILES string of the molecule is CC(C)OCCOC(CNC1CC1)c1ccccc1Br. The molecule has 1 aromatic rings. The zero-order valence-corrected chi connectivity index (χ0v) is 13.9. The quantitative estimate of drug-likeness (QED) is 0.695. The second-order valence-corrected chi connectivity index (χ2v) is 6.34. The van der Waals surface area contributed by atoms with Crippen molar-refractivity contribution in [3.63, 3.8) is 0 Å². The Morgan fingerprint density at radius 1 is 1.20 bits per heavy atom. The summed E-state index contributed by atoms with van der Waals surface area (Å²) < 4.78 is 12.7. The van der Waals surface area contributed by atoms with Crippen LogP contribution < -0.4 is 5.32 Å². The summed E-state index contributed by atoms with van der Waals surface area (Å²) >= 11 is 3.61. The standard InChI is InChI=1S/C16H24BrNO2/c1-12(2)19-9-10-20-16(11-18-13-7-8-13)14-5-3-4-6-15(14)17/h3-6,12-13,16,18H,7-11H2,1-2H3. The van der Waals surface area contributed by atoms with Crippen LogP contribution in [0.4, 0.5) is 0 Å². The van der Waals surface area contributed by atoms with Crippen LogP contribution in [0.15, 0.2) is 28.7 Å². The zero-order chi connectivity index (χ0) is 14.4. The molecule has 0 aromatic heterocycles. The molecule has 1 N–H and O–H groups in total. The van der Waals surface area contributed by atoms with Crippen LogP contribution in [0.1, 0.15) is 38.4 Å². The molecule has 1 aliphatic carbocycles. The topological polar surface area (TPSA) is 30.5 Å². The van der Waals surface area contributed by atoms with Gasteiger partial charge in [-0.3, -0.25) is 0 Å². The minimum Gasteiger partial charge on any atom is -0.376 e. The molecule has 0 aliphatic heterocycles. The van der Waals surface area contributed by atoms with Crippen molar-refractivity contribution in [3.05, 3.63) is 34.3 Å². The molecule has 4 heteroatoms. The molecule has 1 fully saturated rings. The van der Waals surface area contributed by atoms with Gasteiger partial charge in [0.2, 0.25) is 0 Å². The largest absolute Gasteiger partial charge is 0.376 e. The van der Waals surface area contributed by atoms with Crippen LogP contribution in [0.5, 0.6) is 0 Å². The summed E-state index contributed by atoms with van der Waals surface area (Å²) in [5, 5.41) is 3.55. The van der Waals surface area contributed by atoms with E-state index in [0.29, 0.717) is 19.3 Å². The van der Waals surface area contributed by atoms with E-state index in [9.17, 15) is 0 Å². The van der Waals surface area contributed by atoms with Crippen molar-refractivity contribution in [2.75, 3.05) is 19.8 Å². The zero-order valence-electron chi connectivity index (χ0n) is 12.3. The first-order valence-corrected chi connectivity index (χ1v) is 8.17. The second-order valence-electron chi connectivity index (χ2n) is 5.48. The van der Waals surface area contributed by atoms with E-state index < -0.39 is 0 Å². The maximum Gasteiger partial charge on any atom is 0.0961 e. The summed E-state index contributed by atoms with van der Waals surface area (Å²) in [5.74, 6) is 0. The summed E-state index contributed by atoms with van der Waals surface area (Å²) in [6.45, 7) is 6.20. The lowest BCUT2D eigenvalue weighted by Crippen LogP contribution is -2.26. The molecule has 1 aromatic carbocycles. The molecule has 1 unspecified atom stereocenters. The fraction of sp³-hybridized carbons (Fsp3) is 0.625. The molecule has 3 nitrogen and oxygen atoms in total. The summed E-state index contributed by atoms with van der Waals surface area (Å²) in [5.41, 5.74) is 1.20. The average molecular weight is 342 g/mol. The Kier molecular flexibility index (Phi) is 6.49. The Morgan fingerprint density at radius 2 is 1.90 bits per heavy atom. The van der Waals surface area contributed by atoms with Crippen molar-refractivity contribution in [2.24, 2.45) is 0 Å². The molecule has 2 rings (SSSR count). The van der Waals surface area contributed by atoms with E-state index in [4.69, 9.17) is 9.47 Å². The summed E-state index contributed by atoms with van der Waals surface area (Å²) in [4.78, 5) is 0. The highest BCUT2D eigenvalue weighted by atomic mass is 79.9. The van der Waals surface area contributed by atoms with Crippen molar-refractivity contribution in [2.45, 2.75) is 44.9 Å². The molecule has 0 radical (unpaired) electrons. The fourth-order valence-corrected chi connectivity index (χ4v) is 2.57. The third-order valence-electron chi connectivity index (χ3n) is 3.27. The van der Waals surface area contributed by atoms with Gasteiger partial charge in [-0.05, 0) is 38.3 Å². The Labute approximate surface area is 130 Å². The monoisotopic (exact) mass is 341 g/mol. The first-order chi connectivity index (χ1) is 9.66. The van der Waals surface area contributed by atoms with Gasteiger partial charge >= 0.3 is 0 Å². The third kappa shape index (κ3) is 5.52. The maximum absolute atomic E-state index is 6.02. The van der Waals surface area contributed by atoms with Crippen LogP contribution in [0.25, 0.3) is 0 Å². The Balaban J connectivity index is 1.87. The lowest BCUT2D eigenvalue weighted by molar-refractivity contribution is -0.0133. The third-order valence-corrected chi connectivity index (χ3v) is 4.00. The van der Waals surface area contributed by atoms with E-state index in [0.717, 1.165) is 11.0 Å². The van der Waals surface area contributed by atoms with Gasteiger partial charge in [-0.25, -0.2) is 0 Å². The van der Waals surface area contributed by atoms with Crippen LogP contribution in [0, 0.1) is 0 Å². The predicted octanol–water partition coefficient (Wildman–Crippen LogP) is 3.68. The molecule has 0 spiro atoms. The lowest BCUT2D eigenvalue weighted by atomic mass is 10.1. The molecular weight excluding hydrogens is 318 g/mol. The fourth-order valence-electron chi connectivity index (χ4n) is 2.03. The van der Waals surface area contributed by atoms with E-state index in [2.05, 4.69) is 39.4 Å². The number of hydrogen-bond acceptors (Lipinski definition) is 3.